The molecule has 2 saturated heterocycles. The lowest BCUT2D eigenvalue weighted by molar-refractivity contribution is 0.361. The average Bonchev–Trinajstić information content (AvgIpc) is 2.72. The number of halogens is 1. The lowest BCUT2D eigenvalue weighted by atomic mass is 10.2. The van der Waals surface area contributed by atoms with Gasteiger partial charge in [0.25, 0.3) is 0 Å². The van der Waals surface area contributed by atoms with Gasteiger partial charge in [-0.15, -0.1) is 0 Å². The van der Waals surface area contributed by atoms with Crippen LogP contribution in [-0.4, -0.2) is 59.2 Å². The first-order chi connectivity index (χ1) is 7.09. The molecule has 7 heteroatoms. The van der Waals surface area contributed by atoms with E-state index < -0.39 is 9.84 Å². The Bertz CT molecular complexity index is 422. The van der Waals surface area contributed by atoms with Gasteiger partial charge < -0.3 is 4.90 Å². The summed E-state index contributed by atoms with van der Waals surface area (Å²) in [6.07, 6.45) is 0. The standard InChI is InChI=1S/C8H11BrN2O2S2/c9-1-5-2-11-7-4-15(12,13)3-6(7)10-8(11)14-5/h5-7H,1-4H2/t5-,6+,7-/m0/s1. The van der Waals surface area contributed by atoms with Crippen molar-refractivity contribution in [2.75, 3.05) is 23.4 Å². The van der Waals surface area contributed by atoms with Gasteiger partial charge >= 0.3 is 0 Å². The highest BCUT2D eigenvalue weighted by Gasteiger charge is 2.49. The van der Waals surface area contributed by atoms with E-state index in [4.69, 9.17) is 0 Å². The topological polar surface area (TPSA) is 49.7 Å². The predicted octanol–water partition coefficient (Wildman–Crippen LogP) is 0.334. The van der Waals surface area contributed by atoms with Gasteiger partial charge in [0.05, 0.1) is 23.6 Å². The van der Waals surface area contributed by atoms with Gasteiger partial charge in [-0.2, -0.15) is 0 Å². The maximum absolute atomic E-state index is 11.5. The van der Waals surface area contributed by atoms with Gasteiger partial charge in [-0.1, -0.05) is 27.7 Å². The van der Waals surface area contributed by atoms with E-state index in [-0.39, 0.29) is 17.8 Å². The lowest BCUT2D eigenvalue weighted by Gasteiger charge is -2.20. The van der Waals surface area contributed by atoms with E-state index in [0.717, 1.165) is 17.0 Å². The Morgan fingerprint density at radius 1 is 1.53 bits per heavy atom. The highest BCUT2D eigenvalue weighted by atomic mass is 79.9. The zero-order valence-corrected chi connectivity index (χ0v) is 11.2. The van der Waals surface area contributed by atoms with Crippen LogP contribution < -0.4 is 0 Å². The van der Waals surface area contributed by atoms with E-state index in [0.29, 0.717) is 11.0 Å². The molecule has 2 fully saturated rings. The van der Waals surface area contributed by atoms with Crippen molar-refractivity contribution in [3.8, 4) is 0 Å². The first-order valence-electron chi connectivity index (χ1n) is 4.86. The molecule has 0 amide bonds. The summed E-state index contributed by atoms with van der Waals surface area (Å²) in [7, 11) is -2.84. The van der Waals surface area contributed by atoms with Gasteiger partial charge in [0.2, 0.25) is 0 Å². The molecule has 0 saturated carbocycles. The van der Waals surface area contributed by atoms with Gasteiger partial charge in [-0.05, 0) is 0 Å². The second kappa shape index (κ2) is 3.37. The van der Waals surface area contributed by atoms with Crippen LogP contribution in [-0.2, 0) is 9.84 Å². The zero-order chi connectivity index (χ0) is 10.6. The largest absolute Gasteiger partial charge is 0.344 e. The number of alkyl halides is 1. The molecule has 3 aliphatic heterocycles. The van der Waals surface area contributed by atoms with Crippen molar-refractivity contribution in [3.05, 3.63) is 0 Å². The van der Waals surface area contributed by atoms with Crippen molar-refractivity contribution in [1.82, 2.24) is 4.90 Å². The maximum atomic E-state index is 11.5. The molecule has 0 spiro atoms. The summed E-state index contributed by atoms with van der Waals surface area (Å²) in [4.78, 5) is 6.70. The predicted molar refractivity (Wildman–Crippen MR) is 65.5 cm³/mol. The number of thioether (sulfide) groups is 1. The van der Waals surface area contributed by atoms with Crippen molar-refractivity contribution in [2.24, 2.45) is 4.99 Å². The van der Waals surface area contributed by atoms with Crippen molar-refractivity contribution in [3.63, 3.8) is 0 Å². The lowest BCUT2D eigenvalue weighted by Crippen LogP contribution is -2.38. The van der Waals surface area contributed by atoms with Crippen molar-refractivity contribution < 1.29 is 8.42 Å². The van der Waals surface area contributed by atoms with E-state index >= 15 is 0 Å². The number of rotatable bonds is 1. The number of amidine groups is 1. The smallest absolute Gasteiger partial charge is 0.160 e. The average molecular weight is 311 g/mol. The number of hydrogen-bond acceptors (Lipinski definition) is 5. The number of sulfone groups is 1. The molecule has 4 nitrogen and oxygen atoms in total. The fraction of sp³-hybridized carbons (Fsp3) is 0.875. The molecule has 0 aromatic rings. The number of fused-ring (bicyclic) bond motifs is 3. The summed E-state index contributed by atoms with van der Waals surface area (Å²) in [5.41, 5.74) is 0. The SMILES string of the molecule is O=S1(=O)C[C@H]2N=C3S[C@@H](CBr)CN3[C@H]2C1. The van der Waals surface area contributed by atoms with Crippen LogP contribution in [0.5, 0.6) is 0 Å². The Hall–Kier alpha value is 0.250. The van der Waals surface area contributed by atoms with E-state index in [1.54, 1.807) is 11.8 Å². The van der Waals surface area contributed by atoms with Gasteiger partial charge in [-0.3, -0.25) is 4.99 Å². The molecule has 3 rings (SSSR count). The van der Waals surface area contributed by atoms with Crippen molar-refractivity contribution in [1.29, 1.82) is 0 Å². The molecule has 15 heavy (non-hydrogen) atoms. The van der Waals surface area contributed by atoms with Gasteiger partial charge in [0.15, 0.2) is 15.0 Å². The number of aliphatic imine (C=N–C) groups is 1. The summed E-state index contributed by atoms with van der Waals surface area (Å²) < 4.78 is 22.9. The summed E-state index contributed by atoms with van der Waals surface area (Å²) in [5, 5.41) is 2.52. The van der Waals surface area contributed by atoms with Crippen LogP contribution in [0.15, 0.2) is 4.99 Å². The molecule has 0 N–H and O–H groups in total. The molecule has 0 bridgehead atoms. The first-order valence-corrected chi connectivity index (χ1v) is 8.69. The fourth-order valence-electron chi connectivity index (χ4n) is 2.39. The van der Waals surface area contributed by atoms with Gasteiger partial charge in [0, 0.05) is 17.1 Å². The molecule has 3 aliphatic rings. The van der Waals surface area contributed by atoms with E-state index in [2.05, 4.69) is 25.8 Å². The van der Waals surface area contributed by atoms with Crippen molar-refractivity contribution >= 4 is 42.7 Å². The van der Waals surface area contributed by atoms with E-state index in [1.165, 1.54) is 0 Å². The Kier molecular flexibility index (Phi) is 2.34. The maximum Gasteiger partial charge on any atom is 0.160 e. The summed E-state index contributed by atoms with van der Waals surface area (Å²) in [6, 6.07) is 0.135. The van der Waals surface area contributed by atoms with E-state index in [1.807, 2.05) is 0 Å². The molecule has 0 radical (unpaired) electrons. The van der Waals surface area contributed by atoms with Gasteiger partial charge in [0.1, 0.15) is 0 Å². The third kappa shape index (κ3) is 1.63. The minimum absolute atomic E-state index is 0.00813. The molecule has 0 aromatic carbocycles. The van der Waals surface area contributed by atoms with Crippen molar-refractivity contribution in [2.45, 2.75) is 17.3 Å². The number of hydrogen-bond donors (Lipinski definition) is 0. The molecule has 84 valence electrons. The Labute approximate surface area is 102 Å². The van der Waals surface area contributed by atoms with Crippen LogP contribution in [0.3, 0.4) is 0 Å². The highest BCUT2D eigenvalue weighted by molar-refractivity contribution is 9.09. The summed E-state index contributed by atoms with van der Waals surface area (Å²) in [5.74, 6) is 0.539. The van der Waals surface area contributed by atoms with Crippen LogP contribution in [0.25, 0.3) is 0 Å². The monoisotopic (exact) mass is 310 g/mol. The zero-order valence-electron chi connectivity index (χ0n) is 7.97. The highest BCUT2D eigenvalue weighted by Crippen LogP contribution is 2.38. The summed E-state index contributed by atoms with van der Waals surface area (Å²) >= 11 is 5.23. The van der Waals surface area contributed by atoms with Crippen LogP contribution in [0.2, 0.25) is 0 Å². The molecule has 3 atom stereocenters. The molecular formula is C8H11BrN2O2S2. The van der Waals surface area contributed by atoms with Crippen LogP contribution in [0.1, 0.15) is 0 Å². The Balaban J connectivity index is 1.86. The number of nitrogens with zero attached hydrogens (tertiary/aromatic N) is 2. The second-order valence-electron chi connectivity index (χ2n) is 4.17. The molecule has 0 aromatic heterocycles. The van der Waals surface area contributed by atoms with Crippen LogP contribution >= 0.6 is 27.7 Å². The first kappa shape index (κ1) is 10.4. The third-order valence-corrected chi connectivity index (χ3v) is 7.17. The van der Waals surface area contributed by atoms with Crippen LogP contribution in [0, 0.1) is 0 Å². The summed E-state index contributed by atoms with van der Waals surface area (Å²) in [6.45, 7) is 0.936. The Morgan fingerprint density at radius 3 is 3.07 bits per heavy atom. The van der Waals surface area contributed by atoms with Crippen LogP contribution in [0.4, 0.5) is 0 Å². The third-order valence-electron chi connectivity index (χ3n) is 3.06. The Morgan fingerprint density at radius 2 is 2.33 bits per heavy atom. The quantitative estimate of drug-likeness (QED) is 0.655. The minimum atomic E-state index is -2.84. The second-order valence-corrected chi connectivity index (χ2v) is 8.24. The normalized spacial score (nSPS) is 41.5. The van der Waals surface area contributed by atoms with E-state index in [9.17, 15) is 8.42 Å². The van der Waals surface area contributed by atoms with Gasteiger partial charge in [-0.25, -0.2) is 8.42 Å². The minimum Gasteiger partial charge on any atom is -0.344 e. The molecule has 0 unspecified atom stereocenters. The molecular weight excluding hydrogens is 300 g/mol. The molecule has 0 aliphatic carbocycles. The molecule has 3 heterocycles. The fourth-order valence-corrected chi connectivity index (χ4v) is 6.00.